The molecule has 0 aliphatic heterocycles. The van der Waals surface area contributed by atoms with Gasteiger partial charge in [0.05, 0.1) is 12.9 Å². The van der Waals surface area contributed by atoms with Gasteiger partial charge < -0.3 is 9.16 Å². The first-order valence-electron chi connectivity index (χ1n) is 4.89. The van der Waals surface area contributed by atoms with Crippen LogP contribution >= 0.6 is 0 Å². The number of rotatable bonds is 4. The van der Waals surface area contributed by atoms with E-state index in [4.69, 9.17) is 9.16 Å². The van der Waals surface area contributed by atoms with Crippen LogP contribution in [0.15, 0.2) is 23.2 Å². The summed E-state index contributed by atoms with van der Waals surface area (Å²) in [6.45, 7) is 12.5. The Morgan fingerprint density at radius 1 is 1.14 bits per heavy atom. The maximum atomic E-state index is 5.93. The molecule has 14 heavy (non-hydrogen) atoms. The van der Waals surface area contributed by atoms with E-state index in [-0.39, 0.29) is 0 Å². The van der Waals surface area contributed by atoms with Crippen molar-refractivity contribution in [3.8, 4) is 0 Å². The fourth-order valence-electron chi connectivity index (χ4n) is 1.01. The Bertz CT molecular complexity index is 247. The predicted octanol–water partition coefficient (Wildman–Crippen LogP) is 3.68. The van der Waals surface area contributed by atoms with Gasteiger partial charge in [0.2, 0.25) is 8.32 Å². The summed E-state index contributed by atoms with van der Waals surface area (Å²) in [4.78, 5) is 0. The second-order valence-corrected chi connectivity index (χ2v) is 8.68. The van der Waals surface area contributed by atoms with Crippen molar-refractivity contribution in [1.29, 1.82) is 0 Å². The van der Waals surface area contributed by atoms with Crippen LogP contribution in [0.4, 0.5) is 0 Å². The molecule has 0 rings (SSSR count). The fraction of sp³-hybridized carbons (Fsp3) is 0.636. The van der Waals surface area contributed by atoms with Crippen molar-refractivity contribution in [1.82, 2.24) is 0 Å². The Morgan fingerprint density at radius 3 is 1.93 bits per heavy atom. The van der Waals surface area contributed by atoms with Gasteiger partial charge in [0.1, 0.15) is 5.76 Å². The molecule has 0 bridgehead atoms. The van der Waals surface area contributed by atoms with E-state index >= 15 is 0 Å². The Morgan fingerprint density at radius 2 is 1.64 bits per heavy atom. The lowest BCUT2D eigenvalue weighted by Gasteiger charge is -2.22. The molecule has 3 heteroatoms. The van der Waals surface area contributed by atoms with Crippen molar-refractivity contribution in [3.05, 3.63) is 23.2 Å². The summed E-state index contributed by atoms with van der Waals surface area (Å²) in [5.74, 6) is 1.86. The molecule has 0 aliphatic rings. The molecular formula is C11H22O2Si. The lowest BCUT2D eigenvalue weighted by Crippen LogP contribution is -2.25. The Hall–Kier alpha value is -0.703. The molecule has 82 valence electrons. The lowest BCUT2D eigenvalue weighted by molar-refractivity contribution is 0.285. The van der Waals surface area contributed by atoms with Gasteiger partial charge >= 0.3 is 0 Å². The number of hydrogen-bond donors (Lipinski definition) is 0. The Balaban J connectivity index is 4.78. The van der Waals surface area contributed by atoms with Gasteiger partial charge in [0.25, 0.3) is 0 Å². The molecule has 2 nitrogen and oxygen atoms in total. The zero-order valence-corrected chi connectivity index (χ0v) is 11.4. The van der Waals surface area contributed by atoms with Gasteiger partial charge in [-0.25, -0.2) is 0 Å². The van der Waals surface area contributed by atoms with E-state index in [9.17, 15) is 0 Å². The van der Waals surface area contributed by atoms with Crippen LogP contribution in [0.1, 0.15) is 20.8 Å². The van der Waals surface area contributed by atoms with Gasteiger partial charge in [-0.1, -0.05) is 0 Å². The zero-order chi connectivity index (χ0) is 11.4. The van der Waals surface area contributed by atoms with Crippen molar-refractivity contribution < 1.29 is 9.16 Å². The molecule has 0 N–H and O–H groups in total. The van der Waals surface area contributed by atoms with Crippen LogP contribution in [0.25, 0.3) is 0 Å². The van der Waals surface area contributed by atoms with Crippen LogP contribution in [0.3, 0.4) is 0 Å². The third-order valence-electron chi connectivity index (χ3n) is 1.88. The van der Waals surface area contributed by atoms with E-state index < -0.39 is 8.32 Å². The van der Waals surface area contributed by atoms with E-state index in [1.807, 2.05) is 26.8 Å². The Kier molecular flexibility index (Phi) is 4.98. The molecule has 0 aromatic carbocycles. The van der Waals surface area contributed by atoms with Crippen LogP contribution in [-0.4, -0.2) is 15.4 Å². The van der Waals surface area contributed by atoms with Crippen molar-refractivity contribution in [3.63, 3.8) is 0 Å². The van der Waals surface area contributed by atoms with Crippen molar-refractivity contribution >= 4 is 8.32 Å². The highest BCUT2D eigenvalue weighted by molar-refractivity contribution is 6.70. The highest BCUT2D eigenvalue weighted by Crippen LogP contribution is 2.20. The van der Waals surface area contributed by atoms with Gasteiger partial charge in [-0.3, -0.25) is 0 Å². The molecular weight excluding hydrogens is 192 g/mol. The summed E-state index contributed by atoms with van der Waals surface area (Å²) >= 11 is 0. The van der Waals surface area contributed by atoms with Gasteiger partial charge in [-0.05, 0) is 46.5 Å². The van der Waals surface area contributed by atoms with Gasteiger partial charge in [-0.2, -0.15) is 0 Å². The van der Waals surface area contributed by atoms with E-state index in [1.54, 1.807) is 7.11 Å². The largest absolute Gasteiger partial charge is 0.544 e. The summed E-state index contributed by atoms with van der Waals surface area (Å²) in [6.07, 6.45) is 2.00. The van der Waals surface area contributed by atoms with Crippen LogP contribution < -0.4 is 0 Å². The van der Waals surface area contributed by atoms with Crippen molar-refractivity contribution in [2.24, 2.45) is 0 Å². The van der Waals surface area contributed by atoms with Crippen molar-refractivity contribution in [2.75, 3.05) is 7.11 Å². The normalized spacial score (nSPS) is 14.9. The second-order valence-electron chi connectivity index (χ2n) is 4.25. The average Bonchev–Trinajstić information content (AvgIpc) is 2.10. The molecule has 0 radical (unpaired) electrons. The van der Waals surface area contributed by atoms with Crippen LogP contribution in [-0.2, 0) is 9.16 Å². The predicted molar refractivity (Wildman–Crippen MR) is 63.6 cm³/mol. The minimum absolute atomic E-state index is 0.913. The molecule has 0 saturated heterocycles. The third-order valence-corrected chi connectivity index (χ3v) is 2.71. The summed E-state index contributed by atoms with van der Waals surface area (Å²) in [5.41, 5.74) is 1.08. The summed E-state index contributed by atoms with van der Waals surface area (Å²) < 4.78 is 11.1. The second kappa shape index (κ2) is 5.25. The van der Waals surface area contributed by atoms with Gasteiger partial charge in [-0.15, -0.1) is 0 Å². The average molecular weight is 214 g/mol. The molecule has 0 spiro atoms. The van der Waals surface area contributed by atoms with Gasteiger partial charge in [0.15, 0.2) is 0 Å². The van der Waals surface area contributed by atoms with Crippen LogP contribution in [0.5, 0.6) is 0 Å². The van der Waals surface area contributed by atoms with Gasteiger partial charge in [0, 0.05) is 5.57 Å². The molecule has 0 aliphatic carbocycles. The molecule has 0 aromatic rings. The fourth-order valence-corrected chi connectivity index (χ4v) is 1.94. The summed E-state index contributed by atoms with van der Waals surface area (Å²) in [5, 5.41) is 0. The minimum atomic E-state index is -1.52. The van der Waals surface area contributed by atoms with E-state index in [0.29, 0.717) is 0 Å². The highest BCUT2D eigenvalue weighted by atomic mass is 28.4. The minimum Gasteiger partial charge on any atom is -0.544 e. The summed E-state index contributed by atoms with van der Waals surface area (Å²) in [6, 6.07) is 0. The molecule has 0 saturated carbocycles. The number of ether oxygens (including phenoxy) is 1. The van der Waals surface area contributed by atoms with E-state index in [2.05, 4.69) is 19.6 Å². The summed E-state index contributed by atoms with van der Waals surface area (Å²) in [7, 11) is 0.161. The molecule has 0 amide bonds. The molecule has 0 heterocycles. The van der Waals surface area contributed by atoms with Crippen molar-refractivity contribution in [2.45, 2.75) is 40.4 Å². The molecule has 0 unspecified atom stereocenters. The molecule has 0 fully saturated rings. The quantitative estimate of drug-likeness (QED) is 0.404. The first-order valence-corrected chi connectivity index (χ1v) is 8.29. The molecule has 0 aromatic heterocycles. The third kappa shape index (κ3) is 4.51. The number of allylic oxidation sites excluding steroid dienone is 3. The van der Waals surface area contributed by atoms with Crippen LogP contribution in [0, 0.1) is 0 Å². The number of hydrogen-bond acceptors (Lipinski definition) is 2. The first-order chi connectivity index (χ1) is 6.31. The lowest BCUT2D eigenvalue weighted by atomic mass is 10.2. The number of methoxy groups -OCH3 is 1. The topological polar surface area (TPSA) is 18.5 Å². The highest BCUT2D eigenvalue weighted by Gasteiger charge is 2.18. The standard InChI is InChI=1S/C11H22O2Si/c1-8-11(13-14(5,6)7)9(2)10(3)12-4/h8H,1-7H3/b10-9+,11-8-. The maximum absolute atomic E-state index is 5.93. The molecule has 0 atom stereocenters. The monoisotopic (exact) mass is 214 g/mol. The Labute approximate surface area is 88.7 Å². The van der Waals surface area contributed by atoms with E-state index in [1.165, 1.54) is 0 Å². The zero-order valence-electron chi connectivity index (χ0n) is 10.4. The van der Waals surface area contributed by atoms with Crippen LogP contribution in [0.2, 0.25) is 19.6 Å². The first kappa shape index (κ1) is 13.3. The van der Waals surface area contributed by atoms with E-state index in [0.717, 1.165) is 17.1 Å². The maximum Gasteiger partial charge on any atom is 0.242 e. The SMILES string of the molecule is C/C=C(O[Si](C)(C)C)/C(C)=C(\C)OC. The smallest absolute Gasteiger partial charge is 0.242 e.